The summed E-state index contributed by atoms with van der Waals surface area (Å²) in [5.74, 6) is -0.388. The number of nitriles is 1. The Bertz CT molecular complexity index is 705. The van der Waals surface area contributed by atoms with Gasteiger partial charge in [0.1, 0.15) is 11.9 Å². The van der Waals surface area contributed by atoms with Crippen molar-refractivity contribution in [3.8, 4) is 6.07 Å². The van der Waals surface area contributed by atoms with Crippen LogP contribution in [0.25, 0.3) is 0 Å². The molecule has 0 heterocycles. The fraction of sp³-hybridized carbons (Fsp3) is 0.316. The highest BCUT2D eigenvalue weighted by molar-refractivity contribution is 5.50. The summed E-state index contributed by atoms with van der Waals surface area (Å²) < 4.78 is 13.1. The van der Waals surface area contributed by atoms with Gasteiger partial charge in [0, 0.05) is 5.56 Å². The molecule has 0 aliphatic heterocycles. The van der Waals surface area contributed by atoms with E-state index < -0.39 is 6.10 Å². The molecular weight excluding hydrogens is 293 g/mol. The Kier molecular flexibility index (Phi) is 5.86. The summed E-state index contributed by atoms with van der Waals surface area (Å²) in [5, 5.41) is 29.8. The minimum absolute atomic E-state index is 0.248. The van der Waals surface area contributed by atoms with Crippen molar-refractivity contribution < 1.29 is 14.6 Å². The van der Waals surface area contributed by atoms with Crippen molar-refractivity contribution >= 4 is 0 Å². The van der Waals surface area contributed by atoms with Crippen molar-refractivity contribution in [3.05, 3.63) is 70.0 Å². The minimum atomic E-state index is -1.08. The number of aliphatic hydroxyl groups excluding tert-OH is 2. The number of nitrogens with zero attached hydrogens (tertiary/aromatic N) is 1. The Balaban J connectivity index is 2.53. The summed E-state index contributed by atoms with van der Waals surface area (Å²) in [6.45, 7) is 1.83. The van der Waals surface area contributed by atoms with E-state index >= 15 is 0 Å². The normalized spacial score (nSPS) is 12.0. The molecule has 0 spiro atoms. The van der Waals surface area contributed by atoms with Crippen molar-refractivity contribution in [1.82, 2.24) is 0 Å². The number of hydrogen-bond donors (Lipinski definition) is 2. The number of halogens is 1. The molecular formula is C19H20FNO2. The van der Waals surface area contributed by atoms with Crippen molar-refractivity contribution in [3.63, 3.8) is 0 Å². The lowest BCUT2D eigenvalue weighted by Crippen LogP contribution is -2.10. The fourth-order valence-corrected chi connectivity index (χ4v) is 2.72. The third-order valence-electron chi connectivity index (χ3n) is 3.99. The molecule has 0 saturated carbocycles. The number of hydrogen-bond acceptors (Lipinski definition) is 3. The monoisotopic (exact) mass is 313 g/mol. The van der Waals surface area contributed by atoms with Gasteiger partial charge in [0.2, 0.25) is 0 Å². The van der Waals surface area contributed by atoms with Crippen LogP contribution in [0.5, 0.6) is 0 Å². The lowest BCUT2D eigenvalue weighted by atomic mass is 9.88. The molecule has 0 radical (unpaired) electrons. The zero-order valence-corrected chi connectivity index (χ0v) is 13.1. The number of aliphatic hydroxyl groups is 2. The lowest BCUT2D eigenvalue weighted by Gasteiger charge is -2.20. The van der Waals surface area contributed by atoms with Gasteiger partial charge in [-0.25, -0.2) is 4.39 Å². The molecule has 0 aliphatic rings. The molecule has 0 aromatic heterocycles. The van der Waals surface area contributed by atoms with Gasteiger partial charge in [0.25, 0.3) is 0 Å². The largest absolute Gasteiger partial charge is 0.392 e. The zero-order chi connectivity index (χ0) is 16.8. The Hall–Kier alpha value is -2.22. The molecule has 1 atom stereocenters. The summed E-state index contributed by atoms with van der Waals surface area (Å²) in [5.41, 5.74) is 2.76. The first-order chi connectivity index (χ1) is 11.1. The van der Waals surface area contributed by atoms with E-state index in [1.807, 2.05) is 6.07 Å². The third kappa shape index (κ3) is 3.76. The predicted molar refractivity (Wildman–Crippen MR) is 86.2 cm³/mol. The maximum Gasteiger partial charge on any atom is 0.123 e. The Morgan fingerprint density at radius 3 is 2.43 bits per heavy atom. The van der Waals surface area contributed by atoms with Crippen molar-refractivity contribution in [2.24, 2.45) is 0 Å². The highest BCUT2D eigenvalue weighted by Crippen LogP contribution is 2.31. The molecule has 1 unspecified atom stereocenters. The van der Waals surface area contributed by atoms with Crippen LogP contribution in [0, 0.1) is 17.1 Å². The minimum Gasteiger partial charge on any atom is -0.392 e. The molecule has 2 aromatic carbocycles. The highest BCUT2D eigenvalue weighted by Gasteiger charge is 2.21. The van der Waals surface area contributed by atoms with E-state index in [-0.39, 0.29) is 12.4 Å². The zero-order valence-electron chi connectivity index (χ0n) is 13.1. The third-order valence-corrected chi connectivity index (χ3v) is 3.99. The van der Waals surface area contributed by atoms with E-state index in [0.29, 0.717) is 22.3 Å². The second-order valence-electron chi connectivity index (χ2n) is 5.49. The molecule has 0 fully saturated rings. The lowest BCUT2D eigenvalue weighted by molar-refractivity contribution is 0.212. The van der Waals surface area contributed by atoms with Crippen molar-refractivity contribution in [2.75, 3.05) is 0 Å². The molecule has 0 saturated heterocycles. The van der Waals surface area contributed by atoms with Crippen LogP contribution < -0.4 is 0 Å². The maximum absolute atomic E-state index is 13.1. The van der Waals surface area contributed by atoms with Crippen LogP contribution >= 0.6 is 0 Å². The van der Waals surface area contributed by atoms with Crippen LogP contribution in [0.2, 0.25) is 0 Å². The summed E-state index contributed by atoms with van der Waals surface area (Å²) in [7, 11) is 0. The van der Waals surface area contributed by atoms with Crippen molar-refractivity contribution in [2.45, 2.75) is 38.9 Å². The highest BCUT2D eigenvalue weighted by atomic mass is 19.1. The van der Waals surface area contributed by atoms with Crippen molar-refractivity contribution in [1.29, 1.82) is 5.26 Å². The first kappa shape index (κ1) is 17.1. The van der Waals surface area contributed by atoms with Gasteiger partial charge in [-0.3, -0.25) is 0 Å². The van der Waals surface area contributed by atoms with Gasteiger partial charge in [0.15, 0.2) is 0 Å². The number of rotatable bonds is 6. The molecule has 2 aromatic rings. The van der Waals surface area contributed by atoms with Crippen LogP contribution in [-0.4, -0.2) is 10.2 Å². The van der Waals surface area contributed by atoms with E-state index in [9.17, 15) is 19.9 Å². The molecule has 23 heavy (non-hydrogen) atoms. The van der Waals surface area contributed by atoms with E-state index in [0.717, 1.165) is 24.8 Å². The molecule has 2 rings (SSSR count). The van der Waals surface area contributed by atoms with Gasteiger partial charge in [0.05, 0.1) is 18.2 Å². The SMILES string of the molecule is CCCCc1ccc(C#N)c(C(O)c2ccc(F)cc2)c1CO. The summed E-state index contributed by atoms with van der Waals surface area (Å²) in [6.07, 6.45) is 1.68. The Labute approximate surface area is 135 Å². The Morgan fingerprint density at radius 2 is 1.87 bits per heavy atom. The molecule has 3 nitrogen and oxygen atoms in total. The van der Waals surface area contributed by atoms with Crippen LogP contribution in [-0.2, 0) is 13.0 Å². The number of unbranched alkanes of at least 4 members (excludes halogenated alkanes) is 1. The van der Waals surface area contributed by atoms with Crippen LogP contribution in [0.3, 0.4) is 0 Å². The van der Waals surface area contributed by atoms with Gasteiger partial charge >= 0.3 is 0 Å². The second kappa shape index (κ2) is 7.87. The van der Waals surface area contributed by atoms with Crippen LogP contribution in [0.4, 0.5) is 4.39 Å². The molecule has 0 bridgehead atoms. The quantitative estimate of drug-likeness (QED) is 0.856. The van der Waals surface area contributed by atoms with Gasteiger partial charge in [-0.15, -0.1) is 0 Å². The smallest absolute Gasteiger partial charge is 0.123 e. The first-order valence-corrected chi connectivity index (χ1v) is 7.71. The fourth-order valence-electron chi connectivity index (χ4n) is 2.72. The van der Waals surface area contributed by atoms with E-state index in [1.54, 1.807) is 6.07 Å². The van der Waals surface area contributed by atoms with E-state index in [1.165, 1.54) is 24.3 Å². The molecule has 120 valence electrons. The van der Waals surface area contributed by atoms with Gasteiger partial charge < -0.3 is 10.2 Å². The topological polar surface area (TPSA) is 64.2 Å². The summed E-state index contributed by atoms with van der Waals surface area (Å²) in [6, 6.07) is 11.1. The molecule has 0 aliphatic carbocycles. The van der Waals surface area contributed by atoms with Gasteiger partial charge in [-0.05, 0) is 47.7 Å². The van der Waals surface area contributed by atoms with Crippen LogP contribution in [0.15, 0.2) is 36.4 Å². The molecule has 0 amide bonds. The molecule has 4 heteroatoms. The summed E-state index contributed by atoms with van der Waals surface area (Å²) >= 11 is 0. The van der Waals surface area contributed by atoms with Gasteiger partial charge in [-0.1, -0.05) is 31.5 Å². The average molecular weight is 313 g/mol. The first-order valence-electron chi connectivity index (χ1n) is 7.71. The standard InChI is InChI=1S/C19H20FNO2/c1-2-3-4-13-5-6-15(11-21)18(17(13)12-22)19(23)14-7-9-16(20)10-8-14/h5-10,19,22-23H,2-4,12H2,1H3. The maximum atomic E-state index is 13.1. The number of benzene rings is 2. The summed E-state index contributed by atoms with van der Waals surface area (Å²) in [4.78, 5) is 0. The molecule has 2 N–H and O–H groups in total. The number of aryl methyl sites for hydroxylation is 1. The average Bonchev–Trinajstić information content (AvgIpc) is 2.59. The van der Waals surface area contributed by atoms with Crippen LogP contribution in [0.1, 0.15) is 53.7 Å². The van der Waals surface area contributed by atoms with Gasteiger partial charge in [-0.2, -0.15) is 5.26 Å². The predicted octanol–water partition coefficient (Wildman–Crippen LogP) is 3.61. The van der Waals surface area contributed by atoms with E-state index in [4.69, 9.17) is 0 Å². The Morgan fingerprint density at radius 1 is 1.17 bits per heavy atom. The second-order valence-corrected chi connectivity index (χ2v) is 5.49. The van der Waals surface area contributed by atoms with E-state index in [2.05, 4.69) is 13.0 Å².